The molecule has 2 heterocycles. The summed E-state index contributed by atoms with van der Waals surface area (Å²) in [4.78, 5) is 12.6. The molecule has 1 aromatic carbocycles. The molecule has 1 N–H and O–H groups in total. The van der Waals surface area contributed by atoms with Crippen LogP contribution in [0.3, 0.4) is 0 Å². The van der Waals surface area contributed by atoms with E-state index in [0.717, 1.165) is 0 Å². The van der Waals surface area contributed by atoms with E-state index in [1.165, 1.54) is 35.2 Å². The lowest BCUT2D eigenvalue weighted by molar-refractivity contribution is 0.102. The number of hydrogen-bond acceptors (Lipinski definition) is 7. The van der Waals surface area contributed by atoms with E-state index < -0.39 is 0 Å². The van der Waals surface area contributed by atoms with E-state index in [0.29, 0.717) is 25.9 Å². The zero-order valence-electron chi connectivity index (χ0n) is 11.0. The van der Waals surface area contributed by atoms with E-state index in [4.69, 9.17) is 16.0 Å². The maximum absolute atomic E-state index is 12.0. The van der Waals surface area contributed by atoms with Gasteiger partial charge >= 0.3 is 0 Å². The van der Waals surface area contributed by atoms with Gasteiger partial charge < -0.3 is 9.52 Å². The number of halogens is 1. The Hall–Kier alpha value is -1.83. The van der Waals surface area contributed by atoms with Crippen LogP contribution in [0.25, 0.3) is 11.5 Å². The molecule has 0 atom stereocenters. The summed E-state index contributed by atoms with van der Waals surface area (Å²) in [6.07, 6.45) is 0. The predicted molar refractivity (Wildman–Crippen MR) is 85.8 cm³/mol. The van der Waals surface area contributed by atoms with Gasteiger partial charge in [-0.2, -0.15) is 0 Å². The minimum absolute atomic E-state index is 0.0358. The van der Waals surface area contributed by atoms with E-state index in [2.05, 4.69) is 10.2 Å². The van der Waals surface area contributed by atoms with Gasteiger partial charge in [0.05, 0.1) is 15.0 Å². The van der Waals surface area contributed by atoms with Crippen LogP contribution in [-0.2, 0) is 0 Å². The average molecular weight is 353 g/mol. The van der Waals surface area contributed by atoms with E-state index in [1.807, 2.05) is 0 Å². The number of aromatic nitrogens is 2. The van der Waals surface area contributed by atoms with Gasteiger partial charge in [-0.25, -0.2) is 0 Å². The Labute approximate surface area is 139 Å². The molecular formula is C14H9ClN2O3S2. The minimum atomic E-state index is -0.0358. The zero-order valence-corrected chi connectivity index (χ0v) is 13.4. The van der Waals surface area contributed by atoms with Crippen molar-refractivity contribution in [3.8, 4) is 17.2 Å². The molecule has 0 unspecified atom stereocenters. The maximum atomic E-state index is 12.0. The number of rotatable bonds is 5. The quantitative estimate of drug-likeness (QED) is 0.549. The molecular weight excluding hydrogens is 344 g/mol. The lowest BCUT2D eigenvalue weighted by Crippen LogP contribution is -1.98. The summed E-state index contributed by atoms with van der Waals surface area (Å²) < 4.78 is 6.07. The fraction of sp³-hybridized carbons (Fsp3) is 0.0714. The normalized spacial score (nSPS) is 10.8. The van der Waals surface area contributed by atoms with Gasteiger partial charge in [0.25, 0.3) is 5.22 Å². The van der Waals surface area contributed by atoms with Crippen molar-refractivity contribution < 1.29 is 14.3 Å². The number of carbonyl (C=O) groups is 1. The minimum Gasteiger partial charge on any atom is -0.508 e. The first kappa shape index (κ1) is 15.1. The number of carbonyl (C=O) groups excluding carboxylic acids is 1. The number of benzene rings is 1. The Bertz CT molecular complexity index is 799. The second-order valence-corrected chi connectivity index (χ2v) is 6.88. The molecule has 0 radical (unpaired) electrons. The Kier molecular flexibility index (Phi) is 4.47. The number of phenolic OH excluding ortho intramolecular Hbond substituents is 1. The molecule has 0 saturated heterocycles. The van der Waals surface area contributed by atoms with Crippen molar-refractivity contribution in [2.45, 2.75) is 5.22 Å². The lowest BCUT2D eigenvalue weighted by Gasteiger charge is -1.95. The van der Waals surface area contributed by atoms with Crippen LogP contribution in [0, 0.1) is 0 Å². The molecule has 0 spiro atoms. The second-order valence-electron chi connectivity index (χ2n) is 4.24. The van der Waals surface area contributed by atoms with E-state index in [-0.39, 0.29) is 17.3 Å². The fourth-order valence-electron chi connectivity index (χ4n) is 1.65. The molecule has 0 bridgehead atoms. The molecule has 0 aliphatic carbocycles. The Morgan fingerprint density at radius 3 is 2.68 bits per heavy atom. The van der Waals surface area contributed by atoms with E-state index in [9.17, 15) is 9.90 Å². The van der Waals surface area contributed by atoms with Crippen molar-refractivity contribution in [1.82, 2.24) is 10.2 Å². The van der Waals surface area contributed by atoms with Crippen LogP contribution in [-0.4, -0.2) is 26.8 Å². The SMILES string of the molecule is O=C(CSc1nnc(-c2ccc(O)cc2)o1)c1ccc(Cl)s1. The van der Waals surface area contributed by atoms with Crippen LogP contribution < -0.4 is 0 Å². The third kappa shape index (κ3) is 3.49. The summed E-state index contributed by atoms with van der Waals surface area (Å²) in [5, 5.41) is 17.4. The summed E-state index contributed by atoms with van der Waals surface area (Å²) in [7, 11) is 0. The number of thiophene rings is 1. The number of hydrogen-bond donors (Lipinski definition) is 1. The van der Waals surface area contributed by atoms with Crippen molar-refractivity contribution in [2.75, 3.05) is 5.75 Å². The van der Waals surface area contributed by atoms with Gasteiger partial charge in [0, 0.05) is 5.56 Å². The fourth-order valence-corrected chi connectivity index (χ4v) is 3.37. The molecule has 0 amide bonds. The highest BCUT2D eigenvalue weighted by Crippen LogP contribution is 2.27. The number of aromatic hydroxyl groups is 1. The molecule has 112 valence electrons. The molecule has 2 aromatic heterocycles. The van der Waals surface area contributed by atoms with Gasteiger partial charge in [-0.1, -0.05) is 23.4 Å². The molecule has 0 fully saturated rings. The Morgan fingerprint density at radius 1 is 1.23 bits per heavy atom. The molecule has 3 aromatic rings. The first-order valence-electron chi connectivity index (χ1n) is 6.16. The highest BCUT2D eigenvalue weighted by molar-refractivity contribution is 7.99. The predicted octanol–water partition coefficient (Wildman–Crippen LogP) is 4.13. The summed E-state index contributed by atoms with van der Waals surface area (Å²) in [6.45, 7) is 0. The molecule has 22 heavy (non-hydrogen) atoms. The third-order valence-corrected chi connectivity index (χ3v) is 4.79. The van der Waals surface area contributed by atoms with Crippen LogP contribution >= 0.6 is 34.7 Å². The van der Waals surface area contributed by atoms with Crippen molar-refractivity contribution in [1.29, 1.82) is 0 Å². The first-order chi connectivity index (χ1) is 10.6. The van der Waals surface area contributed by atoms with Crippen LogP contribution in [0.4, 0.5) is 0 Å². The van der Waals surface area contributed by atoms with Crippen molar-refractivity contribution in [2.24, 2.45) is 0 Å². The lowest BCUT2D eigenvalue weighted by atomic mass is 10.2. The number of thioether (sulfide) groups is 1. The van der Waals surface area contributed by atoms with Crippen molar-refractivity contribution in [3.05, 3.63) is 45.6 Å². The second kappa shape index (κ2) is 6.51. The van der Waals surface area contributed by atoms with Crippen LogP contribution in [0.15, 0.2) is 46.0 Å². The Morgan fingerprint density at radius 2 is 2.00 bits per heavy atom. The molecule has 3 rings (SSSR count). The smallest absolute Gasteiger partial charge is 0.277 e. The van der Waals surface area contributed by atoms with Gasteiger partial charge in [0.2, 0.25) is 5.89 Å². The van der Waals surface area contributed by atoms with Gasteiger partial charge in [-0.3, -0.25) is 4.79 Å². The summed E-state index contributed by atoms with van der Waals surface area (Å²) in [6, 6.07) is 9.82. The maximum Gasteiger partial charge on any atom is 0.277 e. The van der Waals surface area contributed by atoms with E-state index in [1.54, 1.807) is 24.3 Å². The number of ketones is 1. The Balaban J connectivity index is 1.64. The van der Waals surface area contributed by atoms with Crippen molar-refractivity contribution >= 4 is 40.5 Å². The number of Topliss-reactive ketones (excluding diaryl/α,β-unsaturated/α-hetero) is 1. The highest BCUT2D eigenvalue weighted by Gasteiger charge is 2.13. The largest absolute Gasteiger partial charge is 0.508 e. The molecule has 0 aliphatic heterocycles. The van der Waals surface area contributed by atoms with Gasteiger partial charge in [0.15, 0.2) is 5.78 Å². The number of phenols is 1. The number of nitrogens with zero attached hydrogens (tertiary/aromatic N) is 2. The molecule has 0 aliphatic rings. The monoisotopic (exact) mass is 352 g/mol. The average Bonchev–Trinajstić information content (AvgIpc) is 3.15. The van der Waals surface area contributed by atoms with Crippen LogP contribution in [0.2, 0.25) is 4.34 Å². The topological polar surface area (TPSA) is 76.2 Å². The standard InChI is InChI=1S/C14H9ClN2O3S2/c15-12-6-5-11(22-12)10(19)7-21-14-17-16-13(20-14)8-1-3-9(18)4-2-8/h1-6,18H,7H2. The van der Waals surface area contributed by atoms with Crippen LogP contribution in [0.5, 0.6) is 5.75 Å². The van der Waals surface area contributed by atoms with Gasteiger partial charge in [0.1, 0.15) is 5.75 Å². The third-order valence-electron chi connectivity index (χ3n) is 2.70. The van der Waals surface area contributed by atoms with Gasteiger partial charge in [-0.05, 0) is 36.4 Å². The van der Waals surface area contributed by atoms with Crippen LogP contribution in [0.1, 0.15) is 9.67 Å². The summed E-state index contributed by atoms with van der Waals surface area (Å²) in [5.41, 5.74) is 0.702. The molecule has 0 saturated carbocycles. The highest BCUT2D eigenvalue weighted by atomic mass is 35.5. The molecule has 8 heteroatoms. The van der Waals surface area contributed by atoms with E-state index >= 15 is 0 Å². The summed E-state index contributed by atoms with van der Waals surface area (Å²) >= 11 is 8.23. The first-order valence-corrected chi connectivity index (χ1v) is 8.34. The summed E-state index contributed by atoms with van der Waals surface area (Å²) in [5.74, 6) is 0.673. The molecule has 5 nitrogen and oxygen atoms in total. The van der Waals surface area contributed by atoms with Crippen molar-refractivity contribution in [3.63, 3.8) is 0 Å². The van der Waals surface area contributed by atoms with Gasteiger partial charge in [-0.15, -0.1) is 21.5 Å². The zero-order chi connectivity index (χ0) is 15.5.